The van der Waals surface area contributed by atoms with Crippen LogP contribution in [0, 0.1) is 11.3 Å². The first kappa shape index (κ1) is 26.7. The zero-order valence-corrected chi connectivity index (χ0v) is 20.9. The summed E-state index contributed by atoms with van der Waals surface area (Å²) in [4.78, 5) is 52.9. The molecular formula is C24H39N3O6. The molecule has 0 aromatic heterocycles. The minimum atomic E-state index is -1.14. The Balaban J connectivity index is 2.13. The highest BCUT2D eigenvalue weighted by atomic mass is 16.6. The predicted octanol–water partition coefficient (Wildman–Crippen LogP) is 2.54. The summed E-state index contributed by atoms with van der Waals surface area (Å²) in [5.41, 5.74) is -2.43. The highest BCUT2D eigenvalue weighted by molar-refractivity contribution is 5.94. The fourth-order valence-corrected chi connectivity index (χ4v) is 4.03. The van der Waals surface area contributed by atoms with Crippen LogP contribution in [0.1, 0.15) is 67.7 Å². The molecule has 4 atom stereocenters. The number of nitrogens with zero attached hydrogens (tertiary/aromatic N) is 1. The number of hydrogen-bond donors (Lipinski definition) is 2. The first-order chi connectivity index (χ1) is 15.2. The fourth-order valence-electron chi connectivity index (χ4n) is 4.03. The van der Waals surface area contributed by atoms with E-state index in [0.29, 0.717) is 25.8 Å². The molecule has 33 heavy (non-hydrogen) atoms. The van der Waals surface area contributed by atoms with Gasteiger partial charge in [-0.2, -0.15) is 0 Å². The molecule has 1 aliphatic carbocycles. The highest BCUT2D eigenvalue weighted by Crippen LogP contribution is 2.45. The van der Waals surface area contributed by atoms with Crippen molar-refractivity contribution in [3.63, 3.8) is 0 Å². The van der Waals surface area contributed by atoms with Crippen molar-refractivity contribution in [2.24, 2.45) is 11.3 Å². The summed E-state index contributed by atoms with van der Waals surface area (Å²) < 4.78 is 10.6. The van der Waals surface area contributed by atoms with Crippen molar-refractivity contribution < 1.29 is 28.7 Å². The summed E-state index contributed by atoms with van der Waals surface area (Å²) in [7, 11) is 0. The number of urea groups is 1. The van der Waals surface area contributed by atoms with E-state index in [2.05, 4.69) is 17.2 Å². The molecule has 3 amide bonds. The van der Waals surface area contributed by atoms with Crippen LogP contribution in [0.5, 0.6) is 0 Å². The Labute approximate surface area is 196 Å². The van der Waals surface area contributed by atoms with Crippen LogP contribution >= 0.6 is 0 Å². The van der Waals surface area contributed by atoms with E-state index >= 15 is 0 Å². The topological polar surface area (TPSA) is 114 Å². The molecule has 2 fully saturated rings. The highest BCUT2D eigenvalue weighted by Gasteiger charge is 2.61. The number of rotatable bonds is 7. The van der Waals surface area contributed by atoms with Gasteiger partial charge in [0.25, 0.3) is 0 Å². The molecule has 9 heteroatoms. The summed E-state index contributed by atoms with van der Waals surface area (Å²) in [5, 5.41) is 5.59. The van der Waals surface area contributed by atoms with Crippen molar-refractivity contribution in [2.75, 3.05) is 13.2 Å². The summed E-state index contributed by atoms with van der Waals surface area (Å²) in [6, 6.07) is -2.14. The molecule has 186 valence electrons. The molecule has 0 spiro atoms. The Morgan fingerprint density at radius 3 is 2.30 bits per heavy atom. The van der Waals surface area contributed by atoms with Gasteiger partial charge in [0, 0.05) is 12.5 Å². The van der Waals surface area contributed by atoms with Crippen molar-refractivity contribution >= 4 is 23.9 Å². The van der Waals surface area contributed by atoms with E-state index in [1.54, 1.807) is 33.8 Å². The predicted molar refractivity (Wildman–Crippen MR) is 123 cm³/mol. The summed E-state index contributed by atoms with van der Waals surface area (Å²) in [6.07, 6.45) is 3.13. The third-order valence-corrected chi connectivity index (χ3v) is 5.88. The first-order valence-electron chi connectivity index (χ1n) is 11.6. The molecular weight excluding hydrogens is 426 g/mol. The van der Waals surface area contributed by atoms with Crippen LogP contribution in [0.15, 0.2) is 12.7 Å². The molecule has 9 nitrogen and oxygen atoms in total. The molecule has 1 saturated carbocycles. The van der Waals surface area contributed by atoms with Gasteiger partial charge in [-0.25, -0.2) is 14.4 Å². The van der Waals surface area contributed by atoms with Crippen LogP contribution in [-0.4, -0.2) is 65.2 Å². The number of esters is 2. The molecule has 1 saturated heterocycles. The summed E-state index contributed by atoms with van der Waals surface area (Å²) in [6.45, 7) is 16.8. The maximum absolute atomic E-state index is 13.2. The minimum Gasteiger partial charge on any atom is -0.464 e. The number of hydrogen-bond acceptors (Lipinski definition) is 6. The Bertz CT molecular complexity index is 797. The van der Waals surface area contributed by atoms with Crippen molar-refractivity contribution in [1.29, 1.82) is 0 Å². The minimum absolute atomic E-state index is 0.202. The molecule has 2 unspecified atom stereocenters. The zero-order valence-electron chi connectivity index (χ0n) is 20.9. The lowest BCUT2D eigenvalue weighted by Gasteiger charge is -2.34. The van der Waals surface area contributed by atoms with Crippen molar-refractivity contribution in [3.8, 4) is 0 Å². The average Bonchev–Trinajstić information content (AvgIpc) is 3.16. The lowest BCUT2D eigenvalue weighted by molar-refractivity contribution is -0.162. The number of ether oxygens (including phenoxy) is 2. The normalized spacial score (nSPS) is 25.6. The second-order valence-corrected chi connectivity index (χ2v) is 10.9. The van der Waals surface area contributed by atoms with Crippen LogP contribution < -0.4 is 10.6 Å². The third-order valence-electron chi connectivity index (χ3n) is 5.88. The van der Waals surface area contributed by atoms with Crippen LogP contribution in [0.4, 0.5) is 4.79 Å². The molecule has 1 heterocycles. The van der Waals surface area contributed by atoms with Crippen molar-refractivity contribution in [3.05, 3.63) is 12.7 Å². The second kappa shape index (κ2) is 9.73. The van der Waals surface area contributed by atoms with E-state index in [0.717, 1.165) is 0 Å². The van der Waals surface area contributed by atoms with Gasteiger partial charge in [0.2, 0.25) is 5.91 Å². The smallest absolute Gasteiger partial charge is 0.332 e. The monoisotopic (exact) mass is 465 g/mol. The maximum atomic E-state index is 13.2. The quantitative estimate of drug-likeness (QED) is 0.441. The van der Waals surface area contributed by atoms with E-state index in [1.165, 1.54) is 4.90 Å². The van der Waals surface area contributed by atoms with Gasteiger partial charge in [0.05, 0.1) is 6.61 Å². The van der Waals surface area contributed by atoms with Crippen LogP contribution in [-0.2, 0) is 23.9 Å². The number of nitrogens with one attached hydrogen (secondary N) is 2. The van der Waals surface area contributed by atoms with E-state index in [9.17, 15) is 19.2 Å². The molecule has 0 aromatic carbocycles. The maximum Gasteiger partial charge on any atom is 0.332 e. The Hall–Kier alpha value is -2.58. The fraction of sp³-hybridized carbons (Fsp3) is 0.750. The van der Waals surface area contributed by atoms with Crippen LogP contribution in [0.2, 0.25) is 0 Å². The van der Waals surface area contributed by atoms with Gasteiger partial charge in [0.1, 0.15) is 23.2 Å². The van der Waals surface area contributed by atoms with Gasteiger partial charge in [-0.1, -0.05) is 26.8 Å². The molecule has 0 aromatic rings. The number of carbonyl (C=O) groups excluding carboxylic acids is 4. The van der Waals surface area contributed by atoms with Crippen molar-refractivity contribution in [1.82, 2.24) is 15.5 Å². The van der Waals surface area contributed by atoms with E-state index in [-0.39, 0.29) is 12.5 Å². The zero-order chi connectivity index (χ0) is 25.2. The number of likely N-dealkylation sites (tertiary alicyclic amines) is 1. The van der Waals surface area contributed by atoms with Gasteiger partial charge in [-0.15, -0.1) is 6.58 Å². The molecule has 2 aliphatic rings. The number of amides is 3. The van der Waals surface area contributed by atoms with Crippen LogP contribution in [0.3, 0.4) is 0 Å². The van der Waals surface area contributed by atoms with Crippen LogP contribution in [0.25, 0.3) is 0 Å². The first-order valence-corrected chi connectivity index (χ1v) is 11.6. The summed E-state index contributed by atoms with van der Waals surface area (Å²) >= 11 is 0. The lowest BCUT2D eigenvalue weighted by atomic mass is 9.86. The molecule has 0 bridgehead atoms. The summed E-state index contributed by atoms with van der Waals surface area (Å²) in [5.74, 6) is -1.66. The van der Waals surface area contributed by atoms with E-state index < -0.39 is 52.5 Å². The van der Waals surface area contributed by atoms with Crippen molar-refractivity contribution in [2.45, 2.75) is 91.0 Å². The Kier molecular flexibility index (Phi) is 7.86. The van der Waals surface area contributed by atoms with E-state index in [1.807, 2.05) is 20.8 Å². The average molecular weight is 466 g/mol. The second-order valence-electron chi connectivity index (χ2n) is 10.9. The SMILES string of the molecule is C=CC1CC1(NC(=O)N1CCC[C@H]1C(=O)N[C@H](C(=O)OC(C)(C)C)C(C)(C)C)C(=O)OCC. The van der Waals surface area contributed by atoms with Gasteiger partial charge in [-0.05, 0) is 52.4 Å². The molecule has 1 aliphatic heterocycles. The van der Waals surface area contributed by atoms with Gasteiger partial charge in [0.15, 0.2) is 0 Å². The van der Waals surface area contributed by atoms with E-state index in [4.69, 9.17) is 9.47 Å². The number of carbonyl (C=O) groups is 4. The van der Waals surface area contributed by atoms with Gasteiger partial charge in [-0.3, -0.25) is 4.79 Å². The third kappa shape index (κ3) is 6.26. The Morgan fingerprint density at radius 2 is 1.82 bits per heavy atom. The van der Waals surface area contributed by atoms with Gasteiger partial charge >= 0.3 is 18.0 Å². The largest absolute Gasteiger partial charge is 0.464 e. The molecule has 2 N–H and O–H groups in total. The molecule has 0 radical (unpaired) electrons. The molecule has 2 rings (SSSR count). The Morgan fingerprint density at radius 1 is 1.18 bits per heavy atom. The van der Waals surface area contributed by atoms with Gasteiger partial charge < -0.3 is 25.0 Å². The lowest BCUT2D eigenvalue weighted by Crippen LogP contribution is -2.58. The standard InChI is InChI=1S/C24H39N3O6/c1-9-15-14-24(15,20(30)32-10-2)26-21(31)27-13-11-12-16(27)18(28)25-17(22(3,4)5)19(29)33-23(6,7)8/h9,15-17H,1,10-14H2,2-8H3,(H,25,28)(H,26,31)/t15?,16-,17+,24?/m0/s1.